The number of unbranched alkanes of at least 4 members (excludes halogenated alkanes) is 1. The zero-order valence-electron chi connectivity index (χ0n) is 17.8. The standard InChI is InChI=1S/C21H31N4O6/c1-3-4-10-15(19(28)21(30)23-12-14-8-6-5-7-9-14)25-20(29)16(13-31-2)24-18(27)11-17(22)26/h5-9,11,15-16,19,28H,3-4,10,12-13H2,1-2H3,(H2,22,26)(H,23,30)(H,24,27)(H,25,29)/t15-,16-,19-/m0/s1. The highest BCUT2D eigenvalue weighted by Gasteiger charge is 2.30. The van der Waals surface area contributed by atoms with Crippen molar-refractivity contribution in [2.45, 2.75) is 50.9 Å². The highest BCUT2D eigenvalue weighted by molar-refractivity contribution is 6.08. The second-order valence-corrected chi connectivity index (χ2v) is 6.97. The Balaban J connectivity index is 2.77. The van der Waals surface area contributed by atoms with Gasteiger partial charge < -0.3 is 31.5 Å². The van der Waals surface area contributed by atoms with Crippen LogP contribution >= 0.6 is 0 Å². The Bertz CT molecular complexity index is 728. The third-order valence-corrected chi connectivity index (χ3v) is 4.40. The van der Waals surface area contributed by atoms with Crippen molar-refractivity contribution in [2.24, 2.45) is 5.73 Å². The number of aliphatic hydroxyl groups excluding tert-OH is 1. The third kappa shape index (κ3) is 10.1. The Morgan fingerprint density at radius 1 is 1.13 bits per heavy atom. The van der Waals surface area contributed by atoms with Crippen LogP contribution < -0.4 is 21.7 Å². The number of rotatable bonds is 14. The number of methoxy groups -OCH3 is 1. The average Bonchev–Trinajstić information content (AvgIpc) is 2.74. The van der Waals surface area contributed by atoms with Gasteiger partial charge in [0.1, 0.15) is 12.5 Å². The molecule has 0 aliphatic heterocycles. The van der Waals surface area contributed by atoms with E-state index in [9.17, 15) is 24.3 Å². The SMILES string of the molecule is CCCC[C@H](NC(=O)[C@H](COC)NC(=O)[CH]C(N)=O)[C@H](O)C(=O)NCc1ccccc1. The molecule has 0 aromatic heterocycles. The highest BCUT2D eigenvalue weighted by Crippen LogP contribution is 2.07. The Morgan fingerprint density at radius 3 is 2.39 bits per heavy atom. The number of hydrogen-bond donors (Lipinski definition) is 5. The van der Waals surface area contributed by atoms with E-state index in [1.165, 1.54) is 7.11 Å². The van der Waals surface area contributed by atoms with Crippen molar-refractivity contribution >= 4 is 23.6 Å². The predicted molar refractivity (Wildman–Crippen MR) is 113 cm³/mol. The van der Waals surface area contributed by atoms with E-state index < -0.39 is 41.8 Å². The summed E-state index contributed by atoms with van der Waals surface area (Å²) in [7, 11) is 1.34. The summed E-state index contributed by atoms with van der Waals surface area (Å²) < 4.78 is 4.94. The first kappa shape index (κ1) is 26.1. The summed E-state index contributed by atoms with van der Waals surface area (Å²) in [6, 6.07) is 7.18. The van der Waals surface area contributed by atoms with Crippen molar-refractivity contribution < 1.29 is 29.0 Å². The number of carbonyl (C=O) groups is 4. The van der Waals surface area contributed by atoms with Crippen molar-refractivity contribution in [3.05, 3.63) is 42.3 Å². The van der Waals surface area contributed by atoms with E-state index in [4.69, 9.17) is 10.5 Å². The minimum atomic E-state index is -1.49. The lowest BCUT2D eigenvalue weighted by atomic mass is 10.0. The van der Waals surface area contributed by atoms with Gasteiger partial charge in [0, 0.05) is 13.7 Å². The smallest absolute Gasteiger partial charge is 0.251 e. The molecule has 0 aliphatic rings. The molecule has 1 aromatic carbocycles. The minimum Gasteiger partial charge on any atom is -0.382 e. The second kappa shape index (κ2) is 14.1. The summed E-state index contributed by atoms with van der Waals surface area (Å²) in [6.07, 6.45) is 0.913. The zero-order chi connectivity index (χ0) is 23.2. The minimum absolute atomic E-state index is 0.180. The number of nitrogens with two attached hydrogens (primary N) is 1. The first-order chi connectivity index (χ1) is 14.8. The fourth-order valence-corrected chi connectivity index (χ4v) is 2.78. The number of carbonyl (C=O) groups excluding carboxylic acids is 4. The van der Waals surface area contributed by atoms with E-state index in [2.05, 4.69) is 16.0 Å². The maximum absolute atomic E-state index is 12.7. The largest absolute Gasteiger partial charge is 0.382 e. The Morgan fingerprint density at radius 2 is 1.81 bits per heavy atom. The van der Waals surface area contributed by atoms with Crippen LogP contribution in [0, 0.1) is 6.42 Å². The highest BCUT2D eigenvalue weighted by atomic mass is 16.5. The van der Waals surface area contributed by atoms with E-state index in [-0.39, 0.29) is 13.2 Å². The van der Waals surface area contributed by atoms with Gasteiger partial charge in [0.25, 0.3) is 5.91 Å². The summed E-state index contributed by atoms with van der Waals surface area (Å²) in [5.74, 6) is -3.10. The molecule has 10 nitrogen and oxygen atoms in total. The fraction of sp³-hybridized carbons (Fsp3) is 0.476. The molecule has 171 valence electrons. The van der Waals surface area contributed by atoms with Crippen LogP contribution in [0.15, 0.2) is 30.3 Å². The van der Waals surface area contributed by atoms with Crippen molar-refractivity contribution in [3.8, 4) is 0 Å². The van der Waals surface area contributed by atoms with Crippen LogP contribution in [0.4, 0.5) is 0 Å². The second-order valence-electron chi connectivity index (χ2n) is 6.97. The van der Waals surface area contributed by atoms with E-state index in [1.807, 2.05) is 37.3 Å². The van der Waals surface area contributed by atoms with Crippen molar-refractivity contribution in [1.29, 1.82) is 0 Å². The van der Waals surface area contributed by atoms with Gasteiger partial charge in [-0.3, -0.25) is 19.2 Å². The van der Waals surface area contributed by atoms with Crippen LogP contribution in [-0.2, 0) is 30.5 Å². The summed E-state index contributed by atoms with van der Waals surface area (Å²) >= 11 is 0. The van der Waals surface area contributed by atoms with Crippen molar-refractivity contribution in [2.75, 3.05) is 13.7 Å². The van der Waals surface area contributed by atoms with E-state index in [1.54, 1.807) is 0 Å². The molecule has 4 amide bonds. The molecule has 1 radical (unpaired) electrons. The van der Waals surface area contributed by atoms with Crippen LogP contribution in [0.5, 0.6) is 0 Å². The average molecular weight is 436 g/mol. The molecule has 31 heavy (non-hydrogen) atoms. The molecule has 6 N–H and O–H groups in total. The van der Waals surface area contributed by atoms with Gasteiger partial charge >= 0.3 is 0 Å². The van der Waals surface area contributed by atoms with Crippen molar-refractivity contribution in [3.63, 3.8) is 0 Å². The summed E-state index contributed by atoms with van der Waals surface area (Å²) in [5, 5.41) is 18.1. The number of amides is 4. The topological polar surface area (TPSA) is 160 Å². The van der Waals surface area contributed by atoms with E-state index in [0.29, 0.717) is 19.3 Å². The van der Waals surface area contributed by atoms with E-state index in [0.717, 1.165) is 12.0 Å². The lowest BCUT2D eigenvalue weighted by molar-refractivity contribution is -0.135. The van der Waals surface area contributed by atoms with Gasteiger partial charge in [0.15, 0.2) is 6.10 Å². The van der Waals surface area contributed by atoms with Crippen LogP contribution in [-0.4, -0.2) is 60.6 Å². The molecular weight excluding hydrogens is 404 g/mol. The third-order valence-electron chi connectivity index (χ3n) is 4.40. The van der Waals surface area contributed by atoms with Crippen LogP contribution in [0.25, 0.3) is 0 Å². The quantitative estimate of drug-likeness (QED) is 0.240. The molecule has 0 spiro atoms. The van der Waals surface area contributed by atoms with Crippen LogP contribution in [0.2, 0.25) is 0 Å². The summed E-state index contributed by atoms with van der Waals surface area (Å²) in [6.45, 7) is 1.99. The number of primary amides is 1. The van der Waals surface area contributed by atoms with Crippen LogP contribution in [0.1, 0.15) is 31.7 Å². The maximum Gasteiger partial charge on any atom is 0.251 e. The molecular formula is C21H31N4O6. The Labute approximate surface area is 181 Å². The molecule has 1 aromatic rings. The molecule has 0 unspecified atom stereocenters. The number of benzene rings is 1. The first-order valence-corrected chi connectivity index (χ1v) is 10.0. The lowest BCUT2D eigenvalue weighted by Crippen LogP contribution is -2.56. The van der Waals surface area contributed by atoms with Gasteiger partial charge in [-0.2, -0.15) is 0 Å². The molecule has 0 heterocycles. The number of ether oxygens (including phenoxy) is 1. The molecule has 1 rings (SSSR count). The van der Waals surface area contributed by atoms with Gasteiger partial charge in [-0.25, -0.2) is 0 Å². The maximum atomic E-state index is 12.7. The number of aliphatic hydroxyl groups is 1. The number of nitrogens with one attached hydrogen (secondary N) is 3. The van der Waals surface area contributed by atoms with Crippen LogP contribution in [0.3, 0.4) is 0 Å². The fourth-order valence-electron chi connectivity index (χ4n) is 2.78. The van der Waals surface area contributed by atoms with Gasteiger partial charge in [0.2, 0.25) is 17.7 Å². The first-order valence-electron chi connectivity index (χ1n) is 10.0. The molecule has 3 atom stereocenters. The van der Waals surface area contributed by atoms with E-state index >= 15 is 0 Å². The number of hydrogen-bond acceptors (Lipinski definition) is 6. The molecule has 10 heteroatoms. The zero-order valence-corrected chi connectivity index (χ0v) is 17.8. The lowest BCUT2D eigenvalue weighted by Gasteiger charge is -2.26. The van der Waals surface area contributed by atoms with Gasteiger partial charge in [-0.15, -0.1) is 0 Å². The van der Waals surface area contributed by atoms with Gasteiger partial charge in [0.05, 0.1) is 12.6 Å². The predicted octanol–water partition coefficient (Wildman–Crippen LogP) is -0.841. The van der Waals surface area contributed by atoms with Gasteiger partial charge in [-0.05, 0) is 12.0 Å². The van der Waals surface area contributed by atoms with Crippen molar-refractivity contribution in [1.82, 2.24) is 16.0 Å². The molecule has 0 saturated carbocycles. The molecule has 0 fully saturated rings. The summed E-state index contributed by atoms with van der Waals surface area (Å²) in [4.78, 5) is 47.7. The summed E-state index contributed by atoms with van der Waals surface area (Å²) in [5.41, 5.74) is 5.80. The van der Waals surface area contributed by atoms with Gasteiger partial charge in [-0.1, -0.05) is 50.1 Å². The Kier molecular flexibility index (Phi) is 11.9. The normalized spacial score (nSPS) is 13.5. The molecule has 0 bridgehead atoms. The monoisotopic (exact) mass is 435 g/mol. The molecule has 0 aliphatic carbocycles. The Hall–Kier alpha value is -2.98. The molecule has 0 saturated heterocycles.